The van der Waals surface area contributed by atoms with Crippen LogP contribution < -0.4 is 4.90 Å². The van der Waals surface area contributed by atoms with Crippen LogP contribution in [0.3, 0.4) is 0 Å². The van der Waals surface area contributed by atoms with Crippen molar-refractivity contribution in [3.8, 4) is 22.3 Å². The fraction of sp³-hybridized carbons (Fsp3) is 0.0385. The van der Waals surface area contributed by atoms with Crippen molar-refractivity contribution in [1.29, 1.82) is 0 Å². The van der Waals surface area contributed by atoms with E-state index in [1.165, 1.54) is 83.0 Å². The van der Waals surface area contributed by atoms with E-state index in [1.807, 2.05) is 0 Å². The topological polar surface area (TPSA) is 3.24 Å². The van der Waals surface area contributed by atoms with Crippen LogP contribution >= 0.6 is 0 Å². The van der Waals surface area contributed by atoms with Gasteiger partial charge < -0.3 is 4.90 Å². The SMILES string of the molecule is c1ccc(C(c2ccccc2)c2ccc(-c3ccc(N4c5ccccc5Cc5cc(-c6ccc7ccc8ccccc8c7c6)ccc54)cc3)cc2)cc1. The summed E-state index contributed by atoms with van der Waals surface area (Å²) in [4.78, 5) is 2.43. The zero-order chi connectivity index (χ0) is 35.1. The number of hydrogen-bond acceptors (Lipinski definition) is 1. The van der Waals surface area contributed by atoms with Crippen LogP contribution in [0.1, 0.15) is 33.7 Å². The molecule has 0 aromatic heterocycles. The summed E-state index contributed by atoms with van der Waals surface area (Å²) in [6.45, 7) is 0. The minimum atomic E-state index is 0.190. The van der Waals surface area contributed by atoms with E-state index < -0.39 is 0 Å². The van der Waals surface area contributed by atoms with Gasteiger partial charge in [-0.05, 0) is 108 Å². The summed E-state index contributed by atoms with van der Waals surface area (Å²) in [5.41, 5.74) is 15.1. The number of para-hydroxylation sites is 1. The van der Waals surface area contributed by atoms with Crippen molar-refractivity contribution in [2.75, 3.05) is 4.90 Å². The van der Waals surface area contributed by atoms with E-state index in [9.17, 15) is 0 Å². The van der Waals surface area contributed by atoms with Gasteiger partial charge in [0.25, 0.3) is 0 Å². The molecular weight excluding hydrogens is 639 g/mol. The predicted octanol–water partition coefficient (Wildman–Crippen LogP) is 13.9. The molecule has 1 aliphatic rings. The lowest BCUT2D eigenvalue weighted by Crippen LogP contribution is -2.18. The zero-order valence-electron chi connectivity index (χ0n) is 29.4. The number of rotatable bonds is 6. The van der Waals surface area contributed by atoms with Crippen molar-refractivity contribution in [2.45, 2.75) is 12.3 Å². The molecule has 0 bridgehead atoms. The Balaban J connectivity index is 0.979. The molecule has 53 heavy (non-hydrogen) atoms. The highest BCUT2D eigenvalue weighted by Crippen LogP contribution is 2.45. The summed E-state index contributed by atoms with van der Waals surface area (Å²) in [5, 5.41) is 5.14. The first-order chi connectivity index (χ1) is 26.3. The zero-order valence-corrected chi connectivity index (χ0v) is 29.4. The average Bonchev–Trinajstić information content (AvgIpc) is 3.23. The summed E-state index contributed by atoms with van der Waals surface area (Å²) in [7, 11) is 0. The van der Waals surface area contributed by atoms with Crippen LogP contribution in [-0.2, 0) is 6.42 Å². The smallest absolute Gasteiger partial charge is 0.0497 e. The summed E-state index contributed by atoms with van der Waals surface area (Å²) in [5.74, 6) is 0.190. The quantitative estimate of drug-likeness (QED) is 0.125. The number of benzene rings is 9. The Hall–Kier alpha value is -6.70. The Kier molecular flexibility index (Phi) is 7.69. The molecule has 0 radical (unpaired) electrons. The van der Waals surface area contributed by atoms with Crippen LogP contribution in [0.15, 0.2) is 206 Å². The van der Waals surface area contributed by atoms with Crippen molar-refractivity contribution in [1.82, 2.24) is 0 Å². The molecule has 9 aromatic rings. The van der Waals surface area contributed by atoms with E-state index in [-0.39, 0.29) is 5.92 Å². The van der Waals surface area contributed by atoms with Crippen molar-refractivity contribution in [2.24, 2.45) is 0 Å². The van der Waals surface area contributed by atoms with Crippen LogP contribution in [0, 0.1) is 0 Å². The van der Waals surface area contributed by atoms with Crippen LogP contribution in [0.4, 0.5) is 17.1 Å². The van der Waals surface area contributed by atoms with Gasteiger partial charge in [0.1, 0.15) is 0 Å². The first-order valence-corrected chi connectivity index (χ1v) is 18.5. The summed E-state index contributed by atoms with van der Waals surface area (Å²) in [6, 6.07) is 75.7. The minimum Gasteiger partial charge on any atom is -0.310 e. The fourth-order valence-corrected chi connectivity index (χ4v) is 8.34. The molecule has 0 amide bonds. The Morgan fingerprint density at radius 2 is 0.849 bits per heavy atom. The van der Waals surface area contributed by atoms with Crippen molar-refractivity contribution < 1.29 is 0 Å². The van der Waals surface area contributed by atoms with Gasteiger partial charge in [-0.1, -0.05) is 170 Å². The molecule has 0 saturated carbocycles. The largest absolute Gasteiger partial charge is 0.310 e. The van der Waals surface area contributed by atoms with Gasteiger partial charge in [0, 0.05) is 29.4 Å². The first-order valence-electron chi connectivity index (χ1n) is 18.5. The number of hydrogen-bond donors (Lipinski definition) is 0. The molecule has 250 valence electrons. The maximum Gasteiger partial charge on any atom is 0.0497 e. The number of fused-ring (bicyclic) bond motifs is 5. The molecule has 1 aliphatic heterocycles. The molecule has 0 aliphatic carbocycles. The average molecular weight is 676 g/mol. The Morgan fingerprint density at radius 3 is 1.58 bits per heavy atom. The lowest BCUT2D eigenvalue weighted by atomic mass is 9.84. The monoisotopic (exact) mass is 675 g/mol. The molecular formula is C52H37N. The third kappa shape index (κ3) is 5.68. The number of anilines is 3. The van der Waals surface area contributed by atoms with Gasteiger partial charge in [-0.25, -0.2) is 0 Å². The first kappa shape index (κ1) is 31.1. The Labute approximate surface area is 311 Å². The second-order valence-corrected chi connectivity index (χ2v) is 14.1. The van der Waals surface area contributed by atoms with E-state index in [2.05, 4.69) is 211 Å². The maximum atomic E-state index is 2.43. The van der Waals surface area contributed by atoms with Crippen LogP contribution in [-0.4, -0.2) is 0 Å². The van der Waals surface area contributed by atoms with E-state index in [0.29, 0.717) is 0 Å². The highest BCUT2D eigenvalue weighted by molar-refractivity contribution is 6.08. The molecule has 0 saturated heterocycles. The minimum absolute atomic E-state index is 0.190. The van der Waals surface area contributed by atoms with Gasteiger partial charge in [-0.15, -0.1) is 0 Å². The molecule has 1 heteroatoms. The summed E-state index contributed by atoms with van der Waals surface area (Å²) >= 11 is 0. The molecule has 0 unspecified atom stereocenters. The summed E-state index contributed by atoms with van der Waals surface area (Å²) in [6.07, 6.45) is 0.906. The fourth-order valence-electron chi connectivity index (χ4n) is 8.34. The van der Waals surface area contributed by atoms with Crippen LogP contribution in [0.25, 0.3) is 43.8 Å². The maximum absolute atomic E-state index is 2.43. The Bertz CT molecular complexity index is 2690. The van der Waals surface area contributed by atoms with E-state index in [1.54, 1.807) is 0 Å². The Morgan fingerprint density at radius 1 is 0.340 bits per heavy atom. The van der Waals surface area contributed by atoms with E-state index in [4.69, 9.17) is 0 Å². The van der Waals surface area contributed by atoms with E-state index in [0.717, 1.165) is 12.1 Å². The molecule has 1 nitrogen and oxygen atoms in total. The second kappa shape index (κ2) is 13.1. The summed E-state index contributed by atoms with van der Waals surface area (Å²) < 4.78 is 0. The van der Waals surface area contributed by atoms with Gasteiger partial charge in [0.15, 0.2) is 0 Å². The van der Waals surface area contributed by atoms with Gasteiger partial charge in [-0.3, -0.25) is 0 Å². The van der Waals surface area contributed by atoms with Crippen molar-refractivity contribution >= 4 is 38.6 Å². The molecule has 10 rings (SSSR count). The lowest BCUT2D eigenvalue weighted by Gasteiger charge is -2.34. The third-order valence-electron chi connectivity index (χ3n) is 11.0. The van der Waals surface area contributed by atoms with Gasteiger partial charge in [0.05, 0.1) is 0 Å². The van der Waals surface area contributed by atoms with E-state index >= 15 is 0 Å². The third-order valence-corrected chi connectivity index (χ3v) is 11.0. The molecule has 9 aromatic carbocycles. The van der Waals surface area contributed by atoms with Crippen molar-refractivity contribution in [3.63, 3.8) is 0 Å². The standard InChI is InChI=1S/C52H37N/c1-3-12-40(13-4-1)52(41-14-5-2-6-15-41)42-24-19-36(20-25-42)37-27-30-47(31-28-37)53-50-18-10-8-16-45(50)34-46-33-43(29-32-51(46)53)44-26-23-39-22-21-38-11-7-9-17-48(38)49(39)35-44/h1-33,35,52H,34H2. The number of nitrogens with zero attached hydrogens (tertiary/aromatic N) is 1. The van der Waals surface area contributed by atoms with Gasteiger partial charge in [-0.2, -0.15) is 0 Å². The molecule has 1 heterocycles. The molecule has 0 spiro atoms. The highest BCUT2D eigenvalue weighted by atomic mass is 15.2. The van der Waals surface area contributed by atoms with Crippen LogP contribution in [0.5, 0.6) is 0 Å². The second-order valence-electron chi connectivity index (χ2n) is 14.1. The lowest BCUT2D eigenvalue weighted by molar-refractivity contribution is 0.978. The van der Waals surface area contributed by atoms with Crippen LogP contribution in [0.2, 0.25) is 0 Å². The molecule has 0 atom stereocenters. The predicted molar refractivity (Wildman–Crippen MR) is 224 cm³/mol. The highest BCUT2D eigenvalue weighted by Gasteiger charge is 2.24. The molecule has 0 fully saturated rings. The molecule has 0 N–H and O–H groups in total. The normalized spacial score (nSPS) is 12.2. The van der Waals surface area contributed by atoms with Crippen molar-refractivity contribution in [3.05, 3.63) is 234 Å². The van der Waals surface area contributed by atoms with Gasteiger partial charge in [0.2, 0.25) is 0 Å². The van der Waals surface area contributed by atoms with Gasteiger partial charge >= 0.3 is 0 Å².